The molecule has 0 aliphatic carbocycles. The lowest BCUT2D eigenvalue weighted by atomic mass is 10.1. The topological polar surface area (TPSA) is 66.8 Å². The summed E-state index contributed by atoms with van der Waals surface area (Å²) in [5.74, 6) is -0.613. The van der Waals surface area contributed by atoms with Crippen LogP contribution in [0.5, 0.6) is 5.75 Å². The van der Waals surface area contributed by atoms with E-state index in [9.17, 15) is 9.59 Å². The van der Waals surface area contributed by atoms with Crippen molar-refractivity contribution < 1.29 is 19.4 Å². The molecule has 6 heteroatoms. The third-order valence-electron chi connectivity index (χ3n) is 2.27. The highest BCUT2D eigenvalue weighted by Gasteiger charge is 2.19. The van der Waals surface area contributed by atoms with Crippen LogP contribution < -0.4 is 4.74 Å². The van der Waals surface area contributed by atoms with Gasteiger partial charge in [-0.25, -0.2) is 4.79 Å². The molecule has 0 saturated heterocycles. The van der Waals surface area contributed by atoms with E-state index in [1.807, 2.05) is 0 Å². The Balaban J connectivity index is 3.24. The first-order chi connectivity index (χ1) is 8.36. The number of nitrogens with zero attached hydrogens (tertiary/aromatic N) is 1. The van der Waals surface area contributed by atoms with E-state index in [-0.39, 0.29) is 10.8 Å². The number of carbonyl (C=O) groups is 2. The highest BCUT2D eigenvalue weighted by atomic mass is 32.2. The molecule has 98 valence electrons. The van der Waals surface area contributed by atoms with Gasteiger partial charge in [-0.3, -0.25) is 4.79 Å². The molecule has 0 bridgehead atoms. The Morgan fingerprint density at radius 2 is 1.94 bits per heavy atom. The first-order valence-corrected chi connectivity index (χ1v) is 5.99. The Labute approximate surface area is 110 Å². The van der Waals surface area contributed by atoms with E-state index >= 15 is 0 Å². The first kappa shape index (κ1) is 14.4. The Hall–Kier alpha value is -1.69. The molecule has 0 fully saturated rings. The van der Waals surface area contributed by atoms with Gasteiger partial charge in [-0.05, 0) is 36.4 Å². The fourth-order valence-electron chi connectivity index (χ4n) is 1.33. The normalized spacial score (nSPS) is 10.0. The molecule has 1 amide bonds. The van der Waals surface area contributed by atoms with Crippen molar-refractivity contribution >= 4 is 23.0 Å². The first-order valence-electron chi connectivity index (χ1n) is 5.18. The van der Waals surface area contributed by atoms with Gasteiger partial charge < -0.3 is 14.7 Å². The second-order valence-electron chi connectivity index (χ2n) is 3.89. The number of methoxy groups -OCH3 is 1. The van der Waals surface area contributed by atoms with Gasteiger partial charge in [0.15, 0.2) is 0 Å². The molecule has 0 aliphatic rings. The third-order valence-corrected chi connectivity index (χ3v) is 3.55. The van der Waals surface area contributed by atoms with Crippen LogP contribution in [0, 0.1) is 6.92 Å². The molecule has 0 aromatic heterocycles. The quantitative estimate of drug-likeness (QED) is 0.854. The van der Waals surface area contributed by atoms with Crippen molar-refractivity contribution in [2.45, 2.75) is 11.8 Å². The lowest BCUT2D eigenvalue weighted by Crippen LogP contribution is -2.17. The minimum atomic E-state index is -1.08. The summed E-state index contributed by atoms with van der Waals surface area (Å²) >= 11 is 0.903. The van der Waals surface area contributed by atoms with Crippen LogP contribution in [0.25, 0.3) is 0 Å². The predicted molar refractivity (Wildman–Crippen MR) is 69.6 cm³/mol. The van der Waals surface area contributed by atoms with E-state index in [1.165, 1.54) is 18.1 Å². The molecule has 0 radical (unpaired) electrons. The van der Waals surface area contributed by atoms with Gasteiger partial charge in [-0.1, -0.05) is 0 Å². The van der Waals surface area contributed by atoms with E-state index in [4.69, 9.17) is 9.84 Å². The van der Waals surface area contributed by atoms with Crippen molar-refractivity contribution in [3.05, 3.63) is 23.3 Å². The van der Waals surface area contributed by atoms with Crippen LogP contribution in [0.3, 0.4) is 0 Å². The number of amides is 1. The average molecular weight is 269 g/mol. The molecule has 0 unspecified atom stereocenters. The number of benzene rings is 1. The number of carboxylic acid groups (broad SMARTS) is 1. The van der Waals surface area contributed by atoms with Gasteiger partial charge in [0, 0.05) is 19.0 Å². The smallest absolute Gasteiger partial charge is 0.336 e. The van der Waals surface area contributed by atoms with Gasteiger partial charge in [0.25, 0.3) is 5.24 Å². The zero-order chi connectivity index (χ0) is 13.9. The molecular formula is C12H15NO4S. The van der Waals surface area contributed by atoms with Crippen LogP contribution in [0.15, 0.2) is 17.0 Å². The number of rotatable bonds is 3. The lowest BCUT2D eigenvalue weighted by molar-refractivity contribution is 0.0692. The molecular weight excluding hydrogens is 254 g/mol. The van der Waals surface area contributed by atoms with Crippen LogP contribution in [-0.2, 0) is 0 Å². The maximum atomic E-state index is 11.7. The van der Waals surface area contributed by atoms with Gasteiger partial charge in [0.2, 0.25) is 0 Å². The van der Waals surface area contributed by atoms with E-state index in [0.29, 0.717) is 16.2 Å². The molecule has 0 saturated carbocycles. The number of thioether (sulfide) groups is 1. The second kappa shape index (κ2) is 5.77. The van der Waals surface area contributed by atoms with E-state index in [0.717, 1.165) is 11.8 Å². The fraction of sp³-hybridized carbons (Fsp3) is 0.333. The summed E-state index contributed by atoms with van der Waals surface area (Å²) in [6, 6.07) is 3.12. The zero-order valence-corrected chi connectivity index (χ0v) is 11.5. The number of aromatic carboxylic acids is 1. The van der Waals surface area contributed by atoms with Gasteiger partial charge in [0.05, 0.1) is 12.7 Å². The molecule has 1 aromatic carbocycles. The molecule has 0 heterocycles. The largest absolute Gasteiger partial charge is 0.497 e. The molecule has 0 spiro atoms. The van der Waals surface area contributed by atoms with Crippen molar-refractivity contribution in [3.63, 3.8) is 0 Å². The monoisotopic (exact) mass is 269 g/mol. The van der Waals surface area contributed by atoms with Gasteiger partial charge >= 0.3 is 5.97 Å². The number of hydrogen-bond donors (Lipinski definition) is 1. The van der Waals surface area contributed by atoms with Gasteiger partial charge in [0.1, 0.15) is 5.75 Å². The molecule has 1 aromatic rings. The third kappa shape index (κ3) is 3.16. The molecule has 0 atom stereocenters. The standard InChI is InChI=1S/C12H15NO4S/c1-7-5-8(17-4)6-9(11(14)15)10(7)18-12(16)13(2)3/h5-6H,1-4H3,(H,14,15). The van der Waals surface area contributed by atoms with Crippen LogP contribution in [0.2, 0.25) is 0 Å². The number of carbonyl (C=O) groups excluding carboxylic acids is 1. The minimum absolute atomic E-state index is 0.0760. The summed E-state index contributed by atoms with van der Waals surface area (Å²) in [6.45, 7) is 1.75. The highest BCUT2D eigenvalue weighted by Crippen LogP contribution is 2.32. The van der Waals surface area contributed by atoms with Crippen molar-refractivity contribution in [3.8, 4) is 5.75 Å². The van der Waals surface area contributed by atoms with Crippen molar-refractivity contribution in [2.75, 3.05) is 21.2 Å². The Morgan fingerprint density at radius 1 is 1.33 bits per heavy atom. The Morgan fingerprint density at radius 3 is 2.39 bits per heavy atom. The maximum absolute atomic E-state index is 11.7. The van der Waals surface area contributed by atoms with E-state index in [1.54, 1.807) is 27.1 Å². The highest BCUT2D eigenvalue weighted by molar-refractivity contribution is 8.13. The summed E-state index contributed by atoms with van der Waals surface area (Å²) in [5.41, 5.74) is 0.777. The van der Waals surface area contributed by atoms with Gasteiger partial charge in [-0.15, -0.1) is 0 Å². The Bertz CT molecular complexity index is 485. The predicted octanol–water partition coefficient (Wildman–Crippen LogP) is 2.48. The van der Waals surface area contributed by atoms with E-state index in [2.05, 4.69) is 0 Å². The minimum Gasteiger partial charge on any atom is -0.497 e. The Kier molecular flexibility index (Phi) is 4.61. The van der Waals surface area contributed by atoms with Crippen molar-refractivity contribution in [1.82, 2.24) is 4.90 Å². The van der Waals surface area contributed by atoms with Gasteiger partial charge in [-0.2, -0.15) is 0 Å². The zero-order valence-electron chi connectivity index (χ0n) is 10.7. The molecule has 1 rings (SSSR count). The molecule has 1 N–H and O–H groups in total. The summed E-state index contributed by atoms with van der Waals surface area (Å²) in [5, 5.41) is 8.95. The lowest BCUT2D eigenvalue weighted by Gasteiger charge is -2.14. The van der Waals surface area contributed by atoms with Crippen LogP contribution in [-0.4, -0.2) is 42.4 Å². The van der Waals surface area contributed by atoms with Crippen LogP contribution >= 0.6 is 11.8 Å². The number of carboxylic acids is 1. The van der Waals surface area contributed by atoms with Crippen molar-refractivity contribution in [2.24, 2.45) is 0 Å². The molecule has 18 heavy (non-hydrogen) atoms. The average Bonchev–Trinajstić information content (AvgIpc) is 2.30. The SMILES string of the molecule is COc1cc(C)c(SC(=O)N(C)C)c(C(=O)O)c1. The second-order valence-corrected chi connectivity index (χ2v) is 4.85. The summed E-state index contributed by atoms with van der Waals surface area (Å²) in [6.07, 6.45) is 0. The van der Waals surface area contributed by atoms with E-state index < -0.39 is 5.97 Å². The number of aryl methyl sites for hydroxylation is 1. The van der Waals surface area contributed by atoms with Crippen LogP contribution in [0.1, 0.15) is 15.9 Å². The summed E-state index contributed by atoms with van der Waals surface area (Å²) < 4.78 is 5.03. The summed E-state index contributed by atoms with van der Waals surface area (Å²) in [7, 11) is 4.71. The van der Waals surface area contributed by atoms with Crippen molar-refractivity contribution in [1.29, 1.82) is 0 Å². The molecule has 0 aliphatic heterocycles. The van der Waals surface area contributed by atoms with Crippen LogP contribution in [0.4, 0.5) is 4.79 Å². The maximum Gasteiger partial charge on any atom is 0.336 e. The fourth-order valence-corrected chi connectivity index (χ4v) is 2.16. The summed E-state index contributed by atoms with van der Waals surface area (Å²) in [4.78, 5) is 24.7. The number of hydrogen-bond acceptors (Lipinski definition) is 4. The molecule has 5 nitrogen and oxygen atoms in total. The number of ether oxygens (including phenoxy) is 1.